The van der Waals surface area contributed by atoms with Crippen LogP contribution in [-0.2, 0) is 0 Å². The van der Waals surface area contributed by atoms with Crippen molar-refractivity contribution < 1.29 is 37.7 Å². The van der Waals surface area contributed by atoms with Crippen molar-refractivity contribution in [2.45, 2.75) is 0 Å². The van der Waals surface area contributed by atoms with Crippen molar-refractivity contribution in [1.82, 2.24) is 0 Å². The van der Waals surface area contributed by atoms with Crippen LogP contribution in [0.2, 0.25) is 0 Å². The van der Waals surface area contributed by atoms with E-state index in [0.717, 1.165) is 11.1 Å². The quantitative estimate of drug-likeness (QED) is 0.252. The SMILES string of the molecule is C#Cc1cccc(C#C)c1.[Li+].[Li+]. The van der Waals surface area contributed by atoms with Crippen molar-refractivity contribution >= 4 is 0 Å². The Balaban J connectivity index is 0. The van der Waals surface area contributed by atoms with Gasteiger partial charge in [0.05, 0.1) is 0 Å². The normalized spacial score (nSPS) is 6.50. The molecule has 0 atom stereocenters. The second-order valence-corrected chi connectivity index (χ2v) is 1.87. The summed E-state index contributed by atoms with van der Waals surface area (Å²) in [5.41, 5.74) is 1.66. The van der Waals surface area contributed by atoms with E-state index in [-0.39, 0.29) is 37.7 Å². The predicted octanol–water partition coefficient (Wildman–Crippen LogP) is -4.34. The topological polar surface area (TPSA) is 0 Å². The molecule has 0 radical (unpaired) electrons. The van der Waals surface area contributed by atoms with Crippen molar-refractivity contribution in [1.29, 1.82) is 0 Å². The molecular formula is C10H6Li2+2. The number of benzene rings is 1. The molecule has 1 aromatic rings. The molecule has 0 N–H and O–H groups in total. The Kier molecular flexibility index (Phi) is 8.45. The smallest absolute Gasteiger partial charge is 0.115 e. The van der Waals surface area contributed by atoms with Gasteiger partial charge in [0, 0.05) is 11.1 Å². The van der Waals surface area contributed by atoms with Crippen LogP contribution in [0.25, 0.3) is 0 Å². The predicted molar refractivity (Wildman–Crippen MR) is 42.3 cm³/mol. The van der Waals surface area contributed by atoms with Gasteiger partial charge in [0.1, 0.15) is 0 Å². The number of terminal acetylenes is 2. The van der Waals surface area contributed by atoms with Gasteiger partial charge in [-0.3, -0.25) is 0 Å². The third-order valence-electron chi connectivity index (χ3n) is 1.20. The summed E-state index contributed by atoms with van der Waals surface area (Å²) in [6.07, 6.45) is 10.3. The summed E-state index contributed by atoms with van der Waals surface area (Å²) >= 11 is 0. The fourth-order valence-electron chi connectivity index (χ4n) is 0.699. The van der Waals surface area contributed by atoms with Crippen LogP contribution in [0.5, 0.6) is 0 Å². The Morgan fingerprint density at radius 2 is 1.33 bits per heavy atom. The van der Waals surface area contributed by atoms with Gasteiger partial charge in [-0.1, -0.05) is 17.9 Å². The summed E-state index contributed by atoms with van der Waals surface area (Å²) < 4.78 is 0. The molecule has 0 aliphatic carbocycles. The molecule has 0 nitrogen and oxygen atoms in total. The number of hydrogen-bond acceptors (Lipinski definition) is 0. The second kappa shape index (κ2) is 7.20. The zero-order chi connectivity index (χ0) is 7.40. The van der Waals surface area contributed by atoms with Gasteiger partial charge in [-0.25, -0.2) is 0 Å². The van der Waals surface area contributed by atoms with E-state index in [4.69, 9.17) is 12.8 Å². The van der Waals surface area contributed by atoms with Crippen molar-refractivity contribution in [3.05, 3.63) is 35.4 Å². The van der Waals surface area contributed by atoms with Crippen molar-refractivity contribution in [3.63, 3.8) is 0 Å². The van der Waals surface area contributed by atoms with E-state index in [0.29, 0.717) is 0 Å². The Hall–Kier alpha value is -0.465. The number of hydrogen-bond donors (Lipinski definition) is 0. The molecule has 0 aliphatic heterocycles. The fraction of sp³-hybridized carbons (Fsp3) is 0. The largest absolute Gasteiger partial charge is 1.00 e. The fourth-order valence-corrected chi connectivity index (χ4v) is 0.699. The second-order valence-electron chi connectivity index (χ2n) is 1.87. The minimum atomic E-state index is 0. The molecule has 0 bridgehead atoms. The van der Waals surface area contributed by atoms with Crippen molar-refractivity contribution in [2.75, 3.05) is 0 Å². The molecule has 0 spiro atoms. The minimum Gasteiger partial charge on any atom is -0.115 e. The molecule has 1 rings (SSSR count). The van der Waals surface area contributed by atoms with Gasteiger partial charge in [0.2, 0.25) is 0 Å². The minimum absolute atomic E-state index is 0. The molecule has 0 aromatic heterocycles. The summed E-state index contributed by atoms with van der Waals surface area (Å²) in [7, 11) is 0. The van der Waals surface area contributed by atoms with Gasteiger partial charge in [0.25, 0.3) is 0 Å². The van der Waals surface area contributed by atoms with Gasteiger partial charge >= 0.3 is 37.7 Å². The van der Waals surface area contributed by atoms with Crippen LogP contribution in [0, 0.1) is 24.7 Å². The maximum Gasteiger partial charge on any atom is 1.00 e. The Labute approximate surface area is 97.5 Å². The summed E-state index contributed by atoms with van der Waals surface area (Å²) in [4.78, 5) is 0. The van der Waals surface area contributed by atoms with Crippen LogP contribution in [0.4, 0.5) is 0 Å². The Bertz CT molecular complexity index is 286. The molecule has 12 heavy (non-hydrogen) atoms. The summed E-state index contributed by atoms with van der Waals surface area (Å²) in [5, 5.41) is 0. The molecule has 0 heterocycles. The Morgan fingerprint density at radius 1 is 0.917 bits per heavy atom. The van der Waals surface area contributed by atoms with E-state index in [9.17, 15) is 0 Å². The average Bonchev–Trinajstić information content (AvgIpc) is 2.05. The Morgan fingerprint density at radius 3 is 1.67 bits per heavy atom. The third kappa shape index (κ3) is 3.79. The van der Waals surface area contributed by atoms with Gasteiger partial charge in [-0.2, -0.15) is 0 Å². The van der Waals surface area contributed by atoms with Crippen LogP contribution in [0.15, 0.2) is 24.3 Å². The van der Waals surface area contributed by atoms with Crippen LogP contribution >= 0.6 is 0 Å². The number of rotatable bonds is 0. The van der Waals surface area contributed by atoms with E-state index >= 15 is 0 Å². The van der Waals surface area contributed by atoms with Gasteiger partial charge < -0.3 is 0 Å². The van der Waals surface area contributed by atoms with Crippen LogP contribution in [0.1, 0.15) is 11.1 Å². The molecule has 2 heteroatoms. The molecule has 0 fully saturated rings. The first-order valence-electron chi connectivity index (χ1n) is 2.90. The average molecular weight is 140 g/mol. The molecule has 0 saturated carbocycles. The monoisotopic (exact) mass is 140 g/mol. The van der Waals surface area contributed by atoms with Crippen molar-refractivity contribution in [2.24, 2.45) is 0 Å². The summed E-state index contributed by atoms with van der Waals surface area (Å²) in [6, 6.07) is 7.35. The zero-order valence-electron chi connectivity index (χ0n) is 7.46. The van der Waals surface area contributed by atoms with E-state index in [2.05, 4.69) is 11.8 Å². The van der Waals surface area contributed by atoms with Gasteiger partial charge in [0.15, 0.2) is 0 Å². The maximum absolute atomic E-state index is 5.15. The van der Waals surface area contributed by atoms with Crippen LogP contribution < -0.4 is 37.7 Å². The molecular weight excluding hydrogens is 134 g/mol. The van der Waals surface area contributed by atoms with Crippen LogP contribution in [-0.4, -0.2) is 0 Å². The van der Waals surface area contributed by atoms with Gasteiger partial charge in [-0.15, -0.1) is 12.8 Å². The third-order valence-corrected chi connectivity index (χ3v) is 1.20. The molecule has 1 aromatic carbocycles. The van der Waals surface area contributed by atoms with E-state index in [1.165, 1.54) is 0 Å². The van der Waals surface area contributed by atoms with Gasteiger partial charge in [-0.05, 0) is 18.2 Å². The first-order valence-corrected chi connectivity index (χ1v) is 2.90. The molecule has 0 aliphatic rings. The van der Waals surface area contributed by atoms with E-state index in [1.54, 1.807) is 6.07 Å². The maximum atomic E-state index is 5.15. The molecule has 46 valence electrons. The summed E-state index contributed by atoms with van der Waals surface area (Å²) in [5.74, 6) is 5.01. The summed E-state index contributed by atoms with van der Waals surface area (Å²) in [6.45, 7) is 0. The van der Waals surface area contributed by atoms with E-state index < -0.39 is 0 Å². The van der Waals surface area contributed by atoms with Crippen molar-refractivity contribution in [3.8, 4) is 24.7 Å². The van der Waals surface area contributed by atoms with Crippen LogP contribution in [0.3, 0.4) is 0 Å². The molecule has 0 saturated heterocycles. The van der Waals surface area contributed by atoms with E-state index in [1.807, 2.05) is 18.2 Å². The molecule has 0 amide bonds. The zero-order valence-corrected chi connectivity index (χ0v) is 7.46. The first kappa shape index (κ1) is 14.1. The first-order chi connectivity index (χ1) is 4.86. The molecule has 0 unspecified atom stereocenters. The standard InChI is InChI=1S/C10H6.2Li/c1-3-9-6-5-7-10(4-2)8-9;;/h1-2,5-8H;;/q;2*+1.